The summed E-state index contributed by atoms with van der Waals surface area (Å²) in [5, 5.41) is 3.06. The molecule has 1 aliphatic rings. The van der Waals surface area contributed by atoms with Gasteiger partial charge in [0.25, 0.3) is 0 Å². The first-order valence-corrected chi connectivity index (χ1v) is 11.8. The lowest BCUT2D eigenvalue weighted by Crippen LogP contribution is -2.60. The number of nitrogens with one attached hydrogen (secondary N) is 1. The first kappa shape index (κ1) is 28.1. The van der Waals surface area contributed by atoms with Crippen molar-refractivity contribution in [2.24, 2.45) is 17.3 Å². The number of amides is 2. The Labute approximate surface area is 194 Å². The number of nitrogens with zero attached hydrogens (tertiary/aromatic N) is 2. The van der Waals surface area contributed by atoms with Crippen molar-refractivity contribution in [3.05, 3.63) is 11.6 Å². The van der Waals surface area contributed by atoms with E-state index in [0.717, 1.165) is 19.4 Å². The van der Waals surface area contributed by atoms with Crippen LogP contribution in [-0.2, 0) is 19.1 Å². The number of piperidine rings is 1. The first-order valence-electron chi connectivity index (χ1n) is 11.8. The fraction of sp³-hybridized carbons (Fsp3) is 0.800. The van der Waals surface area contributed by atoms with Gasteiger partial charge in [-0.2, -0.15) is 0 Å². The summed E-state index contributed by atoms with van der Waals surface area (Å²) in [6, 6.07) is -1.21. The van der Waals surface area contributed by atoms with Gasteiger partial charge in [-0.15, -0.1) is 0 Å². The fourth-order valence-corrected chi connectivity index (χ4v) is 4.12. The molecule has 0 unspecified atom stereocenters. The van der Waals surface area contributed by atoms with E-state index in [4.69, 9.17) is 4.74 Å². The number of carbonyl (C=O) groups is 3. The van der Waals surface area contributed by atoms with Gasteiger partial charge in [-0.3, -0.25) is 14.5 Å². The van der Waals surface area contributed by atoms with E-state index in [-0.39, 0.29) is 35.8 Å². The van der Waals surface area contributed by atoms with Crippen LogP contribution in [0.25, 0.3) is 0 Å². The van der Waals surface area contributed by atoms with Crippen LogP contribution in [0.15, 0.2) is 11.6 Å². The maximum atomic E-state index is 13.6. The van der Waals surface area contributed by atoms with Crippen LogP contribution in [0.5, 0.6) is 0 Å². The number of hydrogen-bond acceptors (Lipinski definition) is 5. The molecule has 184 valence electrons. The molecule has 0 saturated carbocycles. The second kappa shape index (κ2) is 11.8. The molecule has 1 aliphatic heterocycles. The highest BCUT2D eigenvalue weighted by Gasteiger charge is 2.39. The SMILES string of the molecule is CCOC(=O)C(C)=C[C@H](C(C)C)N(C)C(=O)[C@@H](NC(=O)[C@H]1C[C@H](C)CCN1C)C(C)(C)C. The van der Waals surface area contributed by atoms with Crippen molar-refractivity contribution in [2.45, 2.75) is 86.4 Å². The summed E-state index contributed by atoms with van der Waals surface area (Å²) in [6.07, 6.45) is 3.66. The molecule has 1 heterocycles. The average molecular weight is 452 g/mol. The fourth-order valence-electron chi connectivity index (χ4n) is 4.12. The quantitative estimate of drug-likeness (QED) is 0.453. The zero-order valence-electron chi connectivity index (χ0n) is 21.8. The normalized spacial score (nSPS) is 22.3. The third-order valence-corrected chi connectivity index (χ3v) is 6.33. The number of rotatable bonds is 8. The lowest BCUT2D eigenvalue weighted by Gasteiger charge is -2.40. The van der Waals surface area contributed by atoms with Gasteiger partial charge in [-0.1, -0.05) is 47.6 Å². The molecule has 32 heavy (non-hydrogen) atoms. The molecule has 1 fully saturated rings. The maximum Gasteiger partial charge on any atom is 0.333 e. The van der Waals surface area contributed by atoms with Gasteiger partial charge in [0, 0.05) is 12.6 Å². The van der Waals surface area contributed by atoms with E-state index in [1.54, 1.807) is 31.9 Å². The van der Waals surface area contributed by atoms with Crippen molar-refractivity contribution in [3.63, 3.8) is 0 Å². The van der Waals surface area contributed by atoms with Crippen molar-refractivity contribution in [1.82, 2.24) is 15.1 Å². The lowest BCUT2D eigenvalue weighted by atomic mass is 9.84. The Kier molecular flexibility index (Phi) is 10.4. The van der Waals surface area contributed by atoms with Crippen LogP contribution in [0.4, 0.5) is 0 Å². The Morgan fingerprint density at radius 2 is 1.84 bits per heavy atom. The molecule has 2 amide bonds. The topological polar surface area (TPSA) is 79.0 Å². The highest BCUT2D eigenvalue weighted by Crippen LogP contribution is 2.26. The number of esters is 1. The van der Waals surface area contributed by atoms with Crippen molar-refractivity contribution < 1.29 is 19.1 Å². The second-order valence-electron chi connectivity index (χ2n) is 10.7. The van der Waals surface area contributed by atoms with E-state index < -0.39 is 11.5 Å². The molecule has 0 bridgehead atoms. The zero-order valence-corrected chi connectivity index (χ0v) is 21.8. The molecule has 0 radical (unpaired) electrons. The Hall–Kier alpha value is -1.89. The first-order chi connectivity index (χ1) is 14.7. The van der Waals surface area contributed by atoms with E-state index in [0.29, 0.717) is 18.1 Å². The van der Waals surface area contributed by atoms with Crippen LogP contribution in [0.3, 0.4) is 0 Å². The summed E-state index contributed by atoms with van der Waals surface area (Å²) in [5.74, 6) is -0.0807. The molecule has 1 N–H and O–H groups in total. The monoisotopic (exact) mass is 451 g/mol. The highest BCUT2D eigenvalue weighted by atomic mass is 16.5. The van der Waals surface area contributed by atoms with Crippen molar-refractivity contribution in [3.8, 4) is 0 Å². The second-order valence-corrected chi connectivity index (χ2v) is 10.7. The number of likely N-dealkylation sites (N-methyl/N-ethyl adjacent to an activating group) is 2. The van der Waals surface area contributed by atoms with Crippen molar-refractivity contribution in [2.75, 3.05) is 27.2 Å². The molecular weight excluding hydrogens is 406 g/mol. The minimum absolute atomic E-state index is 0.0787. The maximum absolute atomic E-state index is 13.6. The standard InChI is InChI=1S/C25H45N3O4/c1-11-32-24(31)18(5)15-19(16(2)3)28(10)23(30)21(25(6,7)8)26-22(29)20-14-17(4)12-13-27(20)9/h15-17,19-21H,11-14H2,1-10H3,(H,26,29)/t17-,19-,20-,21-/m1/s1. The molecule has 7 heteroatoms. The predicted octanol–water partition coefficient (Wildman–Crippen LogP) is 3.24. The molecule has 0 spiro atoms. The van der Waals surface area contributed by atoms with Gasteiger partial charge in [0.05, 0.1) is 18.7 Å². The van der Waals surface area contributed by atoms with E-state index >= 15 is 0 Å². The minimum atomic E-state index is -0.678. The largest absolute Gasteiger partial charge is 0.463 e. The van der Waals surface area contributed by atoms with Gasteiger partial charge in [0.15, 0.2) is 0 Å². The zero-order chi connectivity index (χ0) is 24.8. The Balaban J connectivity index is 3.12. The summed E-state index contributed by atoms with van der Waals surface area (Å²) in [4.78, 5) is 42.6. The van der Waals surface area contributed by atoms with E-state index in [1.165, 1.54) is 0 Å². The van der Waals surface area contributed by atoms with Gasteiger partial charge in [-0.05, 0) is 57.5 Å². The summed E-state index contributed by atoms with van der Waals surface area (Å²) in [7, 11) is 3.70. The molecule has 1 saturated heterocycles. The number of carbonyl (C=O) groups excluding carboxylic acids is 3. The average Bonchev–Trinajstić information content (AvgIpc) is 2.69. The summed E-state index contributed by atoms with van der Waals surface area (Å²) < 4.78 is 5.09. The number of ether oxygens (including phenoxy) is 1. The van der Waals surface area contributed by atoms with Gasteiger partial charge in [-0.25, -0.2) is 4.79 Å². The smallest absolute Gasteiger partial charge is 0.333 e. The van der Waals surface area contributed by atoms with Gasteiger partial charge >= 0.3 is 5.97 Å². The molecule has 0 aromatic heterocycles. The van der Waals surface area contributed by atoms with E-state index in [2.05, 4.69) is 17.1 Å². The van der Waals surface area contributed by atoms with Crippen LogP contribution in [-0.4, -0.2) is 73.0 Å². The van der Waals surface area contributed by atoms with Crippen LogP contribution in [0.2, 0.25) is 0 Å². The van der Waals surface area contributed by atoms with Crippen LogP contribution in [0.1, 0.15) is 68.2 Å². The van der Waals surface area contributed by atoms with Crippen molar-refractivity contribution in [1.29, 1.82) is 0 Å². The lowest BCUT2D eigenvalue weighted by molar-refractivity contribution is -0.142. The van der Waals surface area contributed by atoms with Gasteiger partial charge < -0.3 is 15.0 Å². The number of hydrogen-bond donors (Lipinski definition) is 1. The summed E-state index contributed by atoms with van der Waals surface area (Å²) in [6.45, 7) is 16.7. The molecular formula is C25H45N3O4. The number of likely N-dealkylation sites (tertiary alicyclic amines) is 1. The molecule has 0 aromatic rings. The highest BCUT2D eigenvalue weighted by molar-refractivity contribution is 5.91. The Morgan fingerprint density at radius 3 is 2.34 bits per heavy atom. The Bertz CT molecular complexity index is 696. The molecule has 7 nitrogen and oxygen atoms in total. The molecule has 4 atom stereocenters. The van der Waals surface area contributed by atoms with Crippen molar-refractivity contribution >= 4 is 17.8 Å². The van der Waals surface area contributed by atoms with E-state index in [9.17, 15) is 14.4 Å². The predicted molar refractivity (Wildman–Crippen MR) is 128 cm³/mol. The molecule has 0 aromatic carbocycles. The Morgan fingerprint density at radius 1 is 1.25 bits per heavy atom. The van der Waals surface area contributed by atoms with Crippen LogP contribution >= 0.6 is 0 Å². The summed E-state index contributed by atoms with van der Waals surface area (Å²) >= 11 is 0. The minimum Gasteiger partial charge on any atom is -0.463 e. The third-order valence-electron chi connectivity index (χ3n) is 6.33. The summed E-state index contributed by atoms with van der Waals surface area (Å²) in [5.41, 5.74) is 0.000687. The van der Waals surface area contributed by atoms with Crippen LogP contribution < -0.4 is 5.32 Å². The van der Waals surface area contributed by atoms with Gasteiger partial charge in [0.2, 0.25) is 11.8 Å². The molecule has 1 rings (SSSR count). The van der Waals surface area contributed by atoms with Crippen LogP contribution in [0, 0.1) is 17.3 Å². The van der Waals surface area contributed by atoms with Gasteiger partial charge in [0.1, 0.15) is 6.04 Å². The molecule has 0 aliphatic carbocycles. The third kappa shape index (κ3) is 7.61. The van der Waals surface area contributed by atoms with E-state index in [1.807, 2.05) is 41.7 Å².